The van der Waals surface area contributed by atoms with Gasteiger partial charge in [-0.3, -0.25) is 52.3 Å². The van der Waals surface area contributed by atoms with E-state index in [4.69, 9.17) is 22.6 Å². The van der Waals surface area contributed by atoms with Crippen molar-refractivity contribution >= 4 is 87.4 Å². The van der Waals surface area contributed by atoms with E-state index in [9.17, 15) is 63.8 Å². The Morgan fingerprint density at radius 2 is 0.823 bits per heavy atom. The molecule has 0 atom stereocenters. The maximum atomic E-state index is 14.3. The maximum Gasteiger partial charge on any atom is 0.523 e. The molecule has 31 heteroatoms. The van der Waals surface area contributed by atoms with E-state index in [1.165, 1.54) is 62.4 Å². The Morgan fingerprint density at radius 3 is 1.18 bits per heavy atom. The van der Waals surface area contributed by atoms with Crippen molar-refractivity contribution in [3.8, 4) is 23.0 Å². The van der Waals surface area contributed by atoms with Crippen molar-refractivity contribution in [1.82, 2.24) is 19.8 Å². The SMILES string of the molecule is CC(C)[Si](Oc1c2c(c(O)c3cccnc13)C(=O)N(Cc1ccc(F)cc1)C2=O)(C(C)C)C(C)C.CCOP(=O)(COS(=O)(=O)C(F)(F)F)OCC.CCOP(=O)(COc1c2c(c(O[Si](C(C)C)(C(C)C)C(C)C)c3ncccc13)C(=O)N(Cc1ccc(F)cc1)C2=O)OCC. The lowest BCUT2D eigenvalue weighted by Gasteiger charge is -2.42. The molecule has 526 valence electrons. The first kappa shape index (κ1) is 78.5. The second kappa shape index (κ2) is 32.0. The van der Waals surface area contributed by atoms with Gasteiger partial charge in [0.25, 0.3) is 40.3 Å². The Hall–Kier alpha value is -6.53. The number of hydrogen-bond acceptors (Lipinski definition) is 19. The molecule has 0 radical (unpaired) electrons. The van der Waals surface area contributed by atoms with Gasteiger partial charge in [0.1, 0.15) is 45.7 Å². The number of phenols is 1. The number of benzene rings is 4. The van der Waals surface area contributed by atoms with Gasteiger partial charge in [0.2, 0.25) is 0 Å². The predicted octanol–water partition coefficient (Wildman–Crippen LogP) is 16.8. The summed E-state index contributed by atoms with van der Waals surface area (Å²) in [5, 5.41) is 11.9. The van der Waals surface area contributed by atoms with Gasteiger partial charge in [0, 0.05) is 23.2 Å². The number of fused-ring (bicyclic) bond motifs is 4. The number of aromatic nitrogens is 2. The van der Waals surface area contributed by atoms with Crippen LogP contribution in [0.1, 0.15) is 163 Å². The molecule has 4 amide bonds. The lowest BCUT2D eigenvalue weighted by atomic mass is 10.0. The quantitative estimate of drug-likeness (QED) is 0.0119. The minimum absolute atomic E-state index is 0.00586. The highest BCUT2D eigenvalue weighted by Gasteiger charge is 2.53. The first-order chi connectivity index (χ1) is 44.9. The number of carbonyl (C=O) groups excluding carboxylic acids is 4. The topological polar surface area (TPSA) is 263 Å². The standard InChI is InChI=1S/C32H42FN2O7PSi.C27H31FN2O4Si.C6H12F3O6PS/c1-9-40-43(38,41-10-2)19-39-29-25-12-11-17-34-28(25)30(42-44(20(3)4,21(5)6)22(7)8)27-26(29)31(36)35(32(27)37)18-23-13-15-24(33)16-14-23;1-15(2)35(16(3)4,17(5)6)34-25-22-21(24(31)20-8-7-13-29-23(20)25)26(32)30(27(22)33)14-18-9-11-19(28)12-10-18;1-3-13-16(10,14-4-2)5-15-17(11,12)6(7,8)9/h11-17,20-22H,9-10,18-19H2,1-8H3;7-13,15-17,31H,14H2,1-6H3;3-5H2,1-2H3. The lowest BCUT2D eigenvalue weighted by molar-refractivity contribution is -0.0534. The van der Waals surface area contributed by atoms with Crippen LogP contribution in [0.2, 0.25) is 33.2 Å². The van der Waals surface area contributed by atoms with Crippen molar-refractivity contribution in [3.63, 3.8) is 0 Å². The fraction of sp³-hybridized carbons (Fsp3) is 0.477. The summed E-state index contributed by atoms with van der Waals surface area (Å²) in [6.45, 7) is 31.7. The number of imide groups is 2. The number of pyridine rings is 2. The minimum atomic E-state index is -5.80. The Bertz CT molecular complexity index is 3950. The zero-order valence-electron chi connectivity index (χ0n) is 56.7. The first-order valence-electron chi connectivity index (χ1n) is 31.4. The molecule has 0 unspecified atom stereocenters. The smallest absolute Gasteiger partial charge is 0.523 e. The number of rotatable bonds is 28. The van der Waals surface area contributed by atoms with E-state index in [0.717, 1.165) is 9.80 Å². The molecule has 2 aliphatic rings. The Balaban J connectivity index is 0.000000250. The van der Waals surface area contributed by atoms with Gasteiger partial charge in [-0.2, -0.15) is 21.6 Å². The van der Waals surface area contributed by atoms with Crippen molar-refractivity contribution in [1.29, 1.82) is 0 Å². The van der Waals surface area contributed by atoms with Crippen LogP contribution in [0.3, 0.4) is 0 Å². The minimum Gasteiger partial charge on any atom is -0.541 e. The molecule has 0 saturated heterocycles. The molecule has 8 rings (SSSR count). The number of amides is 4. The van der Waals surface area contributed by atoms with Crippen LogP contribution in [-0.2, 0) is 54.6 Å². The Labute approximate surface area is 559 Å². The van der Waals surface area contributed by atoms with Gasteiger partial charge >= 0.3 is 30.8 Å². The number of ether oxygens (including phenoxy) is 1. The van der Waals surface area contributed by atoms with Crippen LogP contribution in [0.5, 0.6) is 23.0 Å². The summed E-state index contributed by atoms with van der Waals surface area (Å²) in [5.41, 5.74) is -2.47. The Kier molecular flexibility index (Phi) is 26.1. The molecule has 1 N–H and O–H groups in total. The molecule has 2 aromatic heterocycles. The van der Waals surface area contributed by atoms with E-state index in [-0.39, 0.29) is 118 Å². The summed E-state index contributed by atoms with van der Waals surface area (Å²) in [7, 11) is -18.7. The third-order valence-electron chi connectivity index (χ3n) is 16.6. The normalized spacial score (nSPS) is 14.0. The molecule has 4 heterocycles. The summed E-state index contributed by atoms with van der Waals surface area (Å²) in [5.74, 6) is -2.85. The van der Waals surface area contributed by atoms with Gasteiger partial charge in [-0.05, 0) is 121 Å². The average Bonchev–Trinajstić information content (AvgIpc) is 1.31. The average molecular weight is 1440 g/mol. The van der Waals surface area contributed by atoms with Gasteiger partial charge in [0.05, 0.1) is 61.8 Å². The predicted molar refractivity (Wildman–Crippen MR) is 358 cm³/mol. The highest BCUT2D eigenvalue weighted by molar-refractivity contribution is 7.87. The van der Waals surface area contributed by atoms with E-state index in [0.29, 0.717) is 32.9 Å². The zero-order chi connectivity index (χ0) is 71.8. The number of halogens is 5. The van der Waals surface area contributed by atoms with Gasteiger partial charge in [-0.15, -0.1) is 0 Å². The zero-order valence-corrected chi connectivity index (χ0v) is 61.3. The molecule has 21 nitrogen and oxygen atoms in total. The first-order valence-corrected chi connectivity index (χ1v) is 40.6. The molecule has 0 fully saturated rings. The van der Waals surface area contributed by atoms with Crippen LogP contribution < -0.4 is 13.6 Å². The maximum absolute atomic E-state index is 14.3. The molecule has 0 saturated carbocycles. The summed E-state index contributed by atoms with van der Waals surface area (Å²) in [6, 6.07) is 18.0. The molecule has 4 aromatic carbocycles. The van der Waals surface area contributed by atoms with Crippen molar-refractivity contribution in [2.75, 3.05) is 39.1 Å². The molecule has 96 heavy (non-hydrogen) atoms. The fourth-order valence-electron chi connectivity index (χ4n) is 12.7. The number of phenolic OH excluding ortho intramolecular Hbond substituents is 1. The molecule has 0 spiro atoms. The number of alkyl halides is 3. The van der Waals surface area contributed by atoms with Crippen molar-refractivity contribution in [2.45, 2.75) is 163 Å². The highest BCUT2D eigenvalue weighted by Crippen LogP contribution is 2.54. The van der Waals surface area contributed by atoms with Crippen molar-refractivity contribution in [3.05, 3.63) is 130 Å². The summed E-state index contributed by atoms with van der Waals surface area (Å²) >= 11 is 0. The molecule has 2 aliphatic heterocycles. The molecule has 6 aromatic rings. The lowest BCUT2D eigenvalue weighted by Crippen LogP contribution is -2.51. The number of nitrogens with zero attached hydrogens (tertiary/aromatic N) is 4. The van der Waals surface area contributed by atoms with Crippen molar-refractivity contribution < 1.29 is 99.7 Å². The van der Waals surface area contributed by atoms with Crippen LogP contribution in [-0.4, -0.2) is 118 Å². The number of carbonyl (C=O) groups is 4. The highest BCUT2D eigenvalue weighted by atomic mass is 32.2. The van der Waals surface area contributed by atoms with E-state index in [2.05, 4.69) is 106 Å². The monoisotopic (exact) mass is 1440 g/mol. The van der Waals surface area contributed by atoms with Crippen LogP contribution in [0.4, 0.5) is 22.0 Å². The van der Waals surface area contributed by atoms with Crippen LogP contribution in [0.25, 0.3) is 21.8 Å². The molecular weight excluding hydrogens is 1350 g/mol. The van der Waals surface area contributed by atoms with E-state index in [1.807, 2.05) is 0 Å². The van der Waals surface area contributed by atoms with Crippen molar-refractivity contribution in [2.24, 2.45) is 0 Å². The third-order valence-corrected chi connectivity index (χ3v) is 33.2. The summed E-state index contributed by atoms with van der Waals surface area (Å²) in [4.78, 5) is 66.9. The fourth-order valence-corrected chi connectivity index (χ4v) is 26.7. The third kappa shape index (κ3) is 16.4. The van der Waals surface area contributed by atoms with Crippen LogP contribution in [0.15, 0.2) is 85.2 Å². The van der Waals surface area contributed by atoms with E-state index < -0.39 is 95.4 Å². The van der Waals surface area contributed by atoms with Crippen LogP contribution >= 0.6 is 15.2 Å². The second-order valence-corrected chi connectivity index (χ2v) is 40.8. The summed E-state index contributed by atoms with van der Waals surface area (Å²) < 4.78 is 153. The van der Waals surface area contributed by atoms with Gasteiger partial charge in [-0.25, -0.2) is 8.78 Å². The van der Waals surface area contributed by atoms with E-state index >= 15 is 0 Å². The summed E-state index contributed by atoms with van der Waals surface area (Å²) in [6.07, 6.45) is 1.39. The van der Waals surface area contributed by atoms with Gasteiger partial charge in [0.15, 0.2) is 12.7 Å². The molecular formula is C65H85F5N4O17P2SSi2. The molecule has 0 aliphatic carbocycles. The van der Waals surface area contributed by atoms with E-state index in [1.54, 1.807) is 50.5 Å². The Morgan fingerprint density at radius 1 is 0.500 bits per heavy atom. The molecule has 0 bridgehead atoms. The van der Waals surface area contributed by atoms with Gasteiger partial charge < -0.3 is 36.8 Å². The second-order valence-electron chi connectivity index (χ2n) is 24.4. The number of hydrogen-bond donors (Lipinski definition) is 1. The van der Waals surface area contributed by atoms with Crippen LogP contribution in [0, 0.1) is 11.6 Å². The largest absolute Gasteiger partial charge is 0.541 e. The van der Waals surface area contributed by atoms with Gasteiger partial charge in [-0.1, -0.05) is 107 Å². The number of aromatic hydroxyl groups is 1.